The van der Waals surface area contributed by atoms with Crippen molar-refractivity contribution >= 4 is 15.9 Å². The van der Waals surface area contributed by atoms with Crippen molar-refractivity contribution in [1.82, 2.24) is 15.0 Å². The number of amides is 1. The molecule has 1 atom stereocenters. The summed E-state index contributed by atoms with van der Waals surface area (Å²) in [6.07, 6.45) is 2.31. The van der Waals surface area contributed by atoms with Gasteiger partial charge >= 0.3 is 6.18 Å². The molecular formula is C30H42F3N3O5S. The van der Waals surface area contributed by atoms with Gasteiger partial charge in [-0.2, -0.15) is 13.2 Å². The van der Waals surface area contributed by atoms with Gasteiger partial charge in [0, 0.05) is 31.0 Å². The van der Waals surface area contributed by atoms with Gasteiger partial charge in [0.05, 0.1) is 16.1 Å². The van der Waals surface area contributed by atoms with Gasteiger partial charge in [-0.1, -0.05) is 38.2 Å². The molecule has 0 bridgehead atoms. The van der Waals surface area contributed by atoms with E-state index in [9.17, 15) is 31.5 Å². The van der Waals surface area contributed by atoms with Crippen LogP contribution in [-0.2, 0) is 27.4 Å². The smallest absolute Gasteiger partial charge is 0.389 e. The number of aliphatic hydroxyl groups is 1. The Morgan fingerprint density at radius 3 is 2.36 bits per heavy atom. The first-order valence-electron chi connectivity index (χ1n) is 14.6. The van der Waals surface area contributed by atoms with E-state index in [0.717, 1.165) is 49.8 Å². The largest absolute Gasteiger partial charge is 0.417 e. The molecule has 0 radical (unpaired) electrons. The highest BCUT2D eigenvalue weighted by Crippen LogP contribution is 2.40. The van der Waals surface area contributed by atoms with Gasteiger partial charge < -0.3 is 20.1 Å². The maximum absolute atomic E-state index is 14.4. The average Bonchev–Trinajstić information content (AvgIpc) is 3.24. The van der Waals surface area contributed by atoms with E-state index in [4.69, 9.17) is 4.74 Å². The second-order valence-corrected chi connectivity index (χ2v) is 13.9. The Morgan fingerprint density at radius 2 is 1.76 bits per heavy atom. The highest BCUT2D eigenvalue weighted by molar-refractivity contribution is 7.89. The second-order valence-electron chi connectivity index (χ2n) is 12.3. The number of alkyl halides is 3. The topological polar surface area (TPSA) is 121 Å². The van der Waals surface area contributed by atoms with Crippen molar-refractivity contribution in [3.05, 3.63) is 40.6 Å². The van der Waals surface area contributed by atoms with Crippen LogP contribution >= 0.6 is 0 Å². The van der Waals surface area contributed by atoms with Crippen molar-refractivity contribution in [3.8, 4) is 11.3 Å². The SMILES string of the molecule is Cc1c(C(=O)NC2CCOCC2)[nH]c(-c2ccc(S(=O)(=O)NC(C)C(C)(C)O)c(C(F)(F)F)c2)c1CC1CCCCC1. The standard InChI is InChI=1S/C30H42F3N3O5S/c1-18-23(16-20-8-6-5-7-9-20)27(35-26(18)28(37)34-22-12-14-41-15-13-22)21-10-11-25(24(17-21)30(31,32)33)42(39,40)36-19(2)29(3,4)38/h10-11,17,19-20,22,35-36,38H,5-9,12-16H2,1-4H3,(H,34,37). The average molecular weight is 614 g/mol. The van der Waals surface area contributed by atoms with Crippen molar-refractivity contribution in [2.75, 3.05) is 13.2 Å². The fraction of sp³-hybridized carbons (Fsp3) is 0.633. The summed E-state index contributed by atoms with van der Waals surface area (Å²) in [7, 11) is -4.64. The van der Waals surface area contributed by atoms with E-state index in [1.54, 1.807) is 0 Å². The molecule has 1 aromatic carbocycles. The summed E-state index contributed by atoms with van der Waals surface area (Å²) in [5.41, 5.74) is -0.517. The first-order valence-corrected chi connectivity index (χ1v) is 16.1. The molecule has 4 rings (SSSR count). The minimum absolute atomic E-state index is 0.0562. The summed E-state index contributed by atoms with van der Waals surface area (Å²) >= 11 is 0. The molecule has 234 valence electrons. The predicted octanol–water partition coefficient (Wildman–Crippen LogP) is 5.48. The van der Waals surface area contributed by atoms with Crippen molar-refractivity contribution in [2.24, 2.45) is 5.92 Å². The van der Waals surface area contributed by atoms with Gasteiger partial charge in [0.25, 0.3) is 5.91 Å². The van der Waals surface area contributed by atoms with Crippen LogP contribution in [0.3, 0.4) is 0 Å². The summed E-state index contributed by atoms with van der Waals surface area (Å²) in [6.45, 7) is 7.02. The number of carbonyl (C=O) groups is 1. The fourth-order valence-electron chi connectivity index (χ4n) is 5.72. The Morgan fingerprint density at radius 1 is 1.12 bits per heavy atom. The summed E-state index contributed by atoms with van der Waals surface area (Å²) in [5, 5.41) is 13.2. The number of rotatable bonds is 9. The van der Waals surface area contributed by atoms with Crippen LogP contribution in [0.1, 0.15) is 92.9 Å². The number of hydrogen-bond acceptors (Lipinski definition) is 5. The lowest BCUT2D eigenvalue weighted by atomic mass is 9.83. The minimum atomic E-state index is -4.98. The number of sulfonamides is 1. The fourth-order valence-corrected chi connectivity index (χ4v) is 7.31. The van der Waals surface area contributed by atoms with Gasteiger partial charge in [0.1, 0.15) is 5.69 Å². The number of aromatic nitrogens is 1. The maximum atomic E-state index is 14.4. The van der Waals surface area contributed by atoms with Crippen LogP contribution in [-0.4, -0.2) is 55.3 Å². The summed E-state index contributed by atoms with van der Waals surface area (Å²) in [5.74, 6) is 0.0169. The zero-order valence-electron chi connectivity index (χ0n) is 24.7. The molecule has 2 aromatic rings. The molecule has 1 amide bonds. The molecule has 8 nitrogen and oxygen atoms in total. The van der Waals surface area contributed by atoms with Crippen molar-refractivity contribution in [1.29, 1.82) is 0 Å². The van der Waals surface area contributed by atoms with Crippen LogP contribution in [0.2, 0.25) is 0 Å². The number of carbonyl (C=O) groups excluding carboxylic acids is 1. The molecule has 2 aliphatic rings. The van der Waals surface area contributed by atoms with Crippen LogP contribution < -0.4 is 10.0 Å². The molecule has 1 aromatic heterocycles. The van der Waals surface area contributed by atoms with Gasteiger partial charge in [0.2, 0.25) is 10.0 Å². The van der Waals surface area contributed by atoms with E-state index in [2.05, 4.69) is 15.0 Å². The molecule has 2 fully saturated rings. The molecule has 1 saturated heterocycles. The van der Waals surface area contributed by atoms with Crippen molar-refractivity contribution in [2.45, 2.75) is 108 Å². The maximum Gasteiger partial charge on any atom is 0.417 e. The Bertz CT molecular complexity index is 1370. The molecule has 1 aliphatic heterocycles. The molecule has 2 heterocycles. The van der Waals surface area contributed by atoms with Crippen LogP contribution in [0.4, 0.5) is 13.2 Å². The van der Waals surface area contributed by atoms with Crippen LogP contribution in [0, 0.1) is 12.8 Å². The first kappa shape index (κ1) is 32.5. The summed E-state index contributed by atoms with van der Waals surface area (Å²) in [6, 6.07) is 2.01. The quantitative estimate of drug-likeness (QED) is 0.299. The zero-order chi connectivity index (χ0) is 30.9. The molecule has 12 heteroatoms. The lowest BCUT2D eigenvalue weighted by Gasteiger charge is -2.27. The van der Waals surface area contributed by atoms with E-state index < -0.39 is 38.3 Å². The number of halogens is 3. The molecule has 1 saturated carbocycles. The lowest BCUT2D eigenvalue weighted by molar-refractivity contribution is -0.139. The van der Waals surface area contributed by atoms with Gasteiger partial charge in [-0.3, -0.25) is 4.79 Å². The Hall–Kier alpha value is -2.41. The Balaban J connectivity index is 1.77. The summed E-state index contributed by atoms with van der Waals surface area (Å²) in [4.78, 5) is 15.5. The van der Waals surface area contributed by atoms with E-state index in [0.29, 0.717) is 55.3 Å². The number of nitrogens with one attached hydrogen (secondary N) is 3. The first-order chi connectivity index (χ1) is 19.6. The summed E-state index contributed by atoms with van der Waals surface area (Å²) < 4.78 is 76.8. The third kappa shape index (κ3) is 7.56. The Kier molecular flexibility index (Phi) is 9.81. The molecule has 1 unspecified atom stereocenters. The molecule has 0 spiro atoms. The van der Waals surface area contributed by atoms with Crippen molar-refractivity contribution < 1.29 is 36.2 Å². The number of H-pyrrole nitrogens is 1. The predicted molar refractivity (Wildman–Crippen MR) is 154 cm³/mol. The molecule has 4 N–H and O–H groups in total. The van der Waals surface area contributed by atoms with Gasteiger partial charge in [0.15, 0.2) is 0 Å². The highest BCUT2D eigenvalue weighted by Gasteiger charge is 2.39. The third-order valence-electron chi connectivity index (χ3n) is 8.64. The van der Waals surface area contributed by atoms with Gasteiger partial charge in [-0.05, 0) is 81.7 Å². The van der Waals surface area contributed by atoms with E-state index in [1.807, 2.05) is 6.92 Å². The van der Waals surface area contributed by atoms with Gasteiger partial charge in [-0.15, -0.1) is 0 Å². The van der Waals surface area contributed by atoms with E-state index in [1.165, 1.54) is 26.8 Å². The van der Waals surface area contributed by atoms with Crippen LogP contribution in [0.25, 0.3) is 11.3 Å². The van der Waals surface area contributed by atoms with Crippen molar-refractivity contribution in [3.63, 3.8) is 0 Å². The van der Waals surface area contributed by atoms with Crippen LogP contribution in [0.5, 0.6) is 0 Å². The second kappa shape index (κ2) is 12.7. The van der Waals surface area contributed by atoms with Gasteiger partial charge in [-0.25, -0.2) is 13.1 Å². The monoisotopic (exact) mass is 613 g/mol. The zero-order valence-corrected chi connectivity index (χ0v) is 25.5. The number of benzene rings is 1. The third-order valence-corrected chi connectivity index (χ3v) is 10.2. The minimum Gasteiger partial charge on any atom is -0.389 e. The normalized spacial score (nSPS) is 18.7. The Labute approximate surface area is 245 Å². The lowest BCUT2D eigenvalue weighted by Crippen LogP contribution is -2.47. The van der Waals surface area contributed by atoms with E-state index >= 15 is 0 Å². The van der Waals surface area contributed by atoms with Crippen LogP contribution in [0.15, 0.2) is 23.1 Å². The highest BCUT2D eigenvalue weighted by atomic mass is 32.2. The van der Waals surface area contributed by atoms with E-state index in [-0.39, 0.29) is 17.5 Å². The number of aromatic amines is 1. The number of ether oxygens (including phenoxy) is 1. The number of hydrogen-bond donors (Lipinski definition) is 4. The molecule has 42 heavy (non-hydrogen) atoms. The molecular weight excluding hydrogens is 571 g/mol. The molecule has 1 aliphatic carbocycles.